The second-order valence-corrected chi connectivity index (χ2v) is 4.75. The van der Waals surface area contributed by atoms with Crippen molar-refractivity contribution in [3.8, 4) is 5.69 Å². The number of benzene rings is 1. The van der Waals surface area contributed by atoms with Gasteiger partial charge in [0, 0.05) is 4.47 Å². The first-order chi connectivity index (χ1) is 8.80. The van der Waals surface area contributed by atoms with Crippen LogP contribution in [0.2, 0.25) is 0 Å². The van der Waals surface area contributed by atoms with Gasteiger partial charge in [-0.15, -0.1) is 5.10 Å². The molecule has 19 heavy (non-hydrogen) atoms. The van der Waals surface area contributed by atoms with Gasteiger partial charge in [-0.25, -0.2) is 0 Å². The normalized spacial score (nSPS) is 13.6. The van der Waals surface area contributed by atoms with Crippen molar-refractivity contribution in [3.05, 3.63) is 34.1 Å². The highest BCUT2D eigenvalue weighted by Gasteiger charge is 2.33. The molecule has 0 amide bonds. The third kappa shape index (κ3) is 2.76. The second kappa shape index (κ2) is 4.89. The number of halogens is 4. The molecule has 1 aromatic carbocycles. The SMILES string of the molecule is CC(N)c1nnnn1-c1ccc(Br)c(C(F)(F)F)c1. The van der Waals surface area contributed by atoms with E-state index in [4.69, 9.17) is 5.73 Å². The number of nitrogens with two attached hydrogens (primary N) is 1. The fourth-order valence-electron chi connectivity index (χ4n) is 1.52. The van der Waals surface area contributed by atoms with E-state index in [1.54, 1.807) is 6.92 Å². The summed E-state index contributed by atoms with van der Waals surface area (Å²) in [7, 11) is 0. The molecule has 0 saturated heterocycles. The van der Waals surface area contributed by atoms with Crippen molar-refractivity contribution in [2.75, 3.05) is 0 Å². The molecule has 0 saturated carbocycles. The zero-order chi connectivity index (χ0) is 14.2. The predicted molar refractivity (Wildman–Crippen MR) is 64.5 cm³/mol. The number of aromatic nitrogens is 4. The minimum atomic E-state index is -4.46. The summed E-state index contributed by atoms with van der Waals surface area (Å²) in [4.78, 5) is 0. The van der Waals surface area contributed by atoms with Crippen molar-refractivity contribution in [2.45, 2.75) is 19.1 Å². The Kier molecular flexibility index (Phi) is 3.59. The van der Waals surface area contributed by atoms with Crippen LogP contribution in [0.3, 0.4) is 0 Å². The maximum atomic E-state index is 12.8. The topological polar surface area (TPSA) is 69.6 Å². The highest BCUT2D eigenvalue weighted by atomic mass is 79.9. The summed E-state index contributed by atoms with van der Waals surface area (Å²) < 4.78 is 39.6. The van der Waals surface area contributed by atoms with E-state index in [-0.39, 0.29) is 16.0 Å². The molecule has 0 bridgehead atoms. The highest BCUT2D eigenvalue weighted by Crippen LogP contribution is 2.36. The molecule has 0 aliphatic heterocycles. The first-order valence-corrected chi connectivity index (χ1v) is 6.01. The zero-order valence-electron chi connectivity index (χ0n) is 9.69. The summed E-state index contributed by atoms with van der Waals surface area (Å²) in [6, 6.07) is 3.24. The van der Waals surface area contributed by atoms with E-state index >= 15 is 0 Å². The zero-order valence-corrected chi connectivity index (χ0v) is 11.3. The third-order valence-electron chi connectivity index (χ3n) is 2.40. The van der Waals surface area contributed by atoms with Gasteiger partial charge in [0.15, 0.2) is 5.82 Å². The van der Waals surface area contributed by atoms with Crippen LogP contribution in [0.5, 0.6) is 0 Å². The summed E-state index contributed by atoms with van der Waals surface area (Å²) in [5.41, 5.74) is 5.06. The minimum absolute atomic E-state index is 0.0424. The Morgan fingerprint density at radius 1 is 1.37 bits per heavy atom. The molecule has 2 rings (SSSR count). The van der Waals surface area contributed by atoms with Crippen LogP contribution in [0.1, 0.15) is 24.4 Å². The lowest BCUT2D eigenvalue weighted by Crippen LogP contribution is -2.14. The van der Waals surface area contributed by atoms with Gasteiger partial charge in [0.05, 0.1) is 17.3 Å². The molecular weight excluding hydrogens is 327 g/mol. The van der Waals surface area contributed by atoms with E-state index in [1.807, 2.05) is 0 Å². The quantitative estimate of drug-likeness (QED) is 0.915. The molecule has 0 fully saturated rings. The summed E-state index contributed by atoms with van der Waals surface area (Å²) in [6.45, 7) is 1.64. The van der Waals surface area contributed by atoms with Crippen LogP contribution in [0.15, 0.2) is 22.7 Å². The first-order valence-electron chi connectivity index (χ1n) is 5.21. The van der Waals surface area contributed by atoms with E-state index in [1.165, 1.54) is 16.8 Å². The monoisotopic (exact) mass is 335 g/mol. The van der Waals surface area contributed by atoms with Crippen molar-refractivity contribution in [3.63, 3.8) is 0 Å². The second-order valence-electron chi connectivity index (χ2n) is 3.90. The van der Waals surface area contributed by atoms with E-state index in [0.717, 1.165) is 6.07 Å². The molecule has 0 aliphatic rings. The van der Waals surface area contributed by atoms with Crippen molar-refractivity contribution in [1.82, 2.24) is 20.2 Å². The molecule has 1 atom stereocenters. The standard InChI is InChI=1S/C10H9BrF3N5/c1-5(15)9-16-17-18-19(9)6-2-3-8(11)7(4-6)10(12,13)14/h2-5H,15H2,1H3. The largest absolute Gasteiger partial charge is 0.417 e. The number of tetrazole rings is 1. The Bertz CT molecular complexity index is 593. The van der Waals surface area contributed by atoms with Crippen molar-refractivity contribution >= 4 is 15.9 Å². The summed E-state index contributed by atoms with van der Waals surface area (Å²) in [6.07, 6.45) is -4.46. The van der Waals surface area contributed by atoms with Gasteiger partial charge in [-0.1, -0.05) is 15.9 Å². The lowest BCUT2D eigenvalue weighted by atomic mass is 10.2. The molecule has 0 spiro atoms. The van der Waals surface area contributed by atoms with Crippen LogP contribution in [-0.2, 0) is 6.18 Å². The van der Waals surface area contributed by atoms with Crippen LogP contribution in [0.25, 0.3) is 5.69 Å². The van der Waals surface area contributed by atoms with Gasteiger partial charge >= 0.3 is 6.18 Å². The summed E-state index contributed by atoms with van der Waals surface area (Å²) in [5.74, 6) is 0.287. The van der Waals surface area contributed by atoms with E-state index in [0.29, 0.717) is 0 Å². The van der Waals surface area contributed by atoms with Gasteiger partial charge in [-0.05, 0) is 35.5 Å². The Labute approximate surface area is 114 Å². The van der Waals surface area contributed by atoms with Crippen LogP contribution in [-0.4, -0.2) is 20.2 Å². The first kappa shape index (κ1) is 13.9. The number of nitrogens with zero attached hydrogens (tertiary/aromatic N) is 4. The molecule has 2 N–H and O–H groups in total. The molecule has 1 aromatic heterocycles. The molecule has 2 aromatic rings. The van der Waals surface area contributed by atoms with Crippen molar-refractivity contribution < 1.29 is 13.2 Å². The number of rotatable bonds is 2. The maximum absolute atomic E-state index is 12.8. The lowest BCUT2D eigenvalue weighted by Gasteiger charge is -2.12. The van der Waals surface area contributed by atoms with E-state index in [2.05, 4.69) is 31.5 Å². The molecule has 9 heteroatoms. The van der Waals surface area contributed by atoms with E-state index < -0.39 is 17.8 Å². The molecule has 5 nitrogen and oxygen atoms in total. The third-order valence-corrected chi connectivity index (χ3v) is 3.09. The van der Waals surface area contributed by atoms with Gasteiger partial charge < -0.3 is 5.73 Å². The molecular formula is C10H9BrF3N5. The summed E-state index contributed by atoms with van der Waals surface area (Å²) >= 11 is 2.87. The fourth-order valence-corrected chi connectivity index (χ4v) is 2.00. The van der Waals surface area contributed by atoms with Crippen molar-refractivity contribution in [2.24, 2.45) is 5.73 Å². The maximum Gasteiger partial charge on any atom is 0.417 e. The average Bonchev–Trinajstić information content (AvgIpc) is 2.77. The van der Waals surface area contributed by atoms with Gasteiger partial charge in [0.1, 0.15) is 0 Å². The lowest BCUT2D eigenvalue weighted by molar-refractivity contribution is -0.138. The van der Waals surface area contributed by atoms with Crippen LogP contribution in [0.4, 0.5) is 13.2 Å². The average molecular weight is 336 g/mol. The molecule has 102 valence electrons. The molecule has 1 unspecified atom stereocenters. The van der Waals surface area contributed by atoms with E-state index in [9.17, 15) is 13.2 Å². The van der Waals surface area contributed by atoms with Gasteiger partial charge in [0.25, 0.3) is 0 Å². The molecule has 0 radical (unpaired) electrons. The predicted octanol–water partition coefficient (Wildman–Crippen LogP) is 2.46. The van der Waals surface area contributed by atoms with Crippen LogP contribution >= 0.6 is 15.9 Å². The number of alkyl halides is 3. The van der Waals surface area contributed by atoms with Gasteiger partial charge in [-0.2, -0.15) is 17.9 Å². The number of hydrogen-bond donors (Lipinski definition) is 1. The molecule has 0 aliphatic carbocycles. The molecule has 1 heterocycles. The Hall–Kier alpha value is -1.48. The van der Waals surface area contributed by atoms with Crippen LogP contribution < -0.4 is 5.73 Å². The Balaban J connectivity index is 2.55. The number of hydrogen-bond acceptors (Lipinski definition) is 4. The van der Waals surface area contributed by atoms with Crippen molar-refractivity contribution in [1.29, 1.82) is 0 Å². The fraction of sp³-hybridized carbons (Fsp3) is 0.300. The summed E-state index contributed by atoms with van der Waals surface area (Å²) in [5, 5.41) is 10.8. The van der Waals surface area contributed by atoms with Gasteiger partial charge in [-0.3, -0.25) is 0 Å². The Morgan fingerprint density at radius 2 is 2.05 bits per heavy atom. The Morgan fingerprint density at radius 3 is 2.63 bits per heavy atom. The highest BCUT2D eigenvalue weighted by molar-refractivity contribution is 9.10. The van der Waals surface area contributed by atoms with Crippen LogP contribution in [0, 0.1) is 0 Å². The smallest absolute Gasteiger partial charge is 0.321 e. The van der Waals surface area contributed by atoms with Gasteiger partial charge in [0.2, 0.25) is 0 Å². The minimum Gasteiger partial charge on any atom is -0.321 e.